The van der Waals surface area contributed by atoms with E-state index < -0.39 is 5.54 Å². The molecule has 4 nitrogen and oxygen atoms in total. The van der Waals surface area contributed by atoms with Crippen LogP contribution in [0.3, 0.4) is 0 Å². The van der Waals surface area contributed by atoms with E-state index in [1.54, 1.807) is 29.3 Å². The summed E-state index contributed by atoms with van der Waals surface area (Å²) in [6, 6.07) is 0.224. The molecule has 1 rings (SSSR count). The van der Waals surface area contributed by atoms with Crippen LogP contribution in [0.2, 0.25) is 0 Å². The number of nitrogens with one attached hydrogen (secondary N) is 1. The average molecular weight is 316 g/mol. The third-order valence-corrected chi connectivity index (χ3v) is 4.76. The first-order valence-electron chi connectivity index (χ1n) is 6.88. The molecule has 0 amide bonds. The van der Waals surface area contributed by atoms with Gasteiger partial charge in [-0.05, 0) is 34.1 Å². The molecule has 0 aromatic carbocycles. The Morgan fingerprint density at radius 3 is 2.75 bits per heavy atom. The lowest BCUT2D eigenvalue weighted by atomic mass is 9.95. The first kappa shape index (κ1) is 17.5. The summed E-state index contributed by atoms with van der Waals surface area (Å²) in [4.78, 5) is 16.5. The normalized spacial score (nSPS) is 15.9. The fraction of sp³-hybridized carbons (Fsp3) is 0.714. The Hall–Kier alpha value is -0.590. The summed E-state index contributed by atoms with van der Waals surface area (Å²) >= 11 is 3.32. The molecule has 1 heterocycles. The number of aromatic nitrogens is 1. The van der Waals surface area contributed by atoms with Crippen LogP contribution in [-0.2, 0) is 9.53 Å². The third-order valence-electron chi connectivity index (χ3n) is 2.74. The number of thiazole rings is 1. The van der Waals surface area contributed by atoms with E-state index >= 15 is 0 Å². The van der Waals surface area contributed by atoms with Gasteiger partial charge in [0.15, 0.2) is 0 Å². The standard InChI is InChI=1S/C14H24N2O2S2/c1-6-18-12(17)14(5,16-10(2)3)9-11(4)20-13-15-7-8-19-13/h7-8,10-11,16H,6,9H2,1-5H3. The molecule has 0 aliphatic rings. The van der Waals surface area contributed by atoms with Crippen molar-refractivity contribution in [3.63, 3.8) is 0 Å². The maximum atomic E-state index is 12.2. The molecular formula is C14H24N2O2S2. The summed E-state index contributed by atoms with van der Waals surface area (Å²) in [7, 11) is 0. The zero-order valence-corrected chi connectivity index (χ0v) is 14.4. The number of hydrogen-bond donors (Lipinski definition) is 1. The van der Waals surface area contributed by atoms with Crippen molar-refractivity contribution in [1.29, 1.82) is 0 Å². The van der Waals surface area contributed by atoms with Crippen molar-refractivity contribution in [3.05, 3.63) is 11.6 Å². The summed E-state index contributed by atoms with van der Waals surface area (Å²) in [5.74, 6) is -0.180. The van der Waals surface area contributed by atoms with Crippen LogP contribution < -0.4 is 5.32 Å². The Labute approximate surface area is 129 Å². The summed E-state index contributed by atoms with van der Waals surface area (Å²) in [5.41, 5.74) is -0.659. The van der Waals surface area contributed by atoms with E-state index in [0.717, 1.165) is 4.34 Å². The van der Waals surface area contributed by atoms with E-state index in [1.165, 1.54) is 0 Å². The first-order valence-corrected chi connectivity index (χ1v) is 8.64. The van der Waals surface area contributed by atoms with Crippen LogP contribution in [0, 0.1) is 0 Å². The van der Waals surface area contributed by atoms with E-state index in [4.69, 9.17) is 4.74 Å². The van der Waals surface area contributed by atoms with E-state index in [1.807, 2.05) is 33.1 Å². The van der Waals surface area contributed by atoms with Crippen LogP contribution in [0.1, 0.15) is 41.0 Å². The maximum Gasteiger partial charge on any atom is 0.326 e. The lowest BCUT2D eigenvalue weighted by Crippen LogP contribution is -2.54. The number of ether oxygens (including phenoxy) is 1. The van der Waals surface area contributed by atoms with E-state index in [-0.39, 0.29) is 17.3 Å². The summed E-state index contributed by atoms with van der Waals surface area (Å²) in [6.07, 6.45) is 2.50. The van der Waals surface area contributed by atoms with Gasteiger partial charge in [-0.1, -0.05) is 18.7 Å². The van der Waals surface area contributed by atoms with Crippen LogP contribution in [0.5, 0.6) is 0 Å². The van der Waals surface area contributed by atoms with Crippen molar-refractivity contribution in [2.75, 3.05) is 6.61 Å². The van der Waals surface area contributed by atoms with Crippen molar-refractivity contribution in [2.45, 2.75) is 62.2 Å². The second-order valence-corrected chi connectivity index (χ2v) is 7.86. The van der Waals surface area contributed by atoms with Gasteiger partial charge in [0.1, 0.15) is 9.88 Å². The zero-order chi connectivity index (χ0) is 15.2. The Kier molecular flexibility index (Phi) is 6.99. The molecule has 0 aliphatic carbocycles. The number of hydrogen-bond acceptors (Lipinski definition) is 6. The van der Waals surface area contributed by atoms with Gasteiger partial charge in [0.2, 0.25) is 0 Å². The van der Waals surface area contributed by atoms with Gasteiger partial charge < -0.3 is 4.74 Å². The maximum absolute atomic E-state index is 12.2. The van der Waals surface area contributed by atoms with Gasteiger partial charge in [0.25, 0.3) is 0 Å². The lowest BCUT2D eigenvalue weighted by Gasteiger charge is -2.32. The molecular weight excluding hydrogens is 292 g/mol. The largest absolute Gasteiger partial charge is 0.465 e. The van der Waals surface area contributed by atoms with Crippen LogP contribution >= 0.6 is 23.1 Å². The Morgan fingerprint density at radius 1 is 1.55 bits per heavy atom. The molecule has 0 spiro atoms. The Morgan fingerprint density at radius 2 is 2.25 bits per heavy atom. The van der Waals surface area contributed by atoms with Gasteiger partial charge in [-0.15, -0.1) is 11.3 Å². The molecule has 114 valence electrons. The minimum absolute atomic E-state index is 0.180. The van der Waals surface area contributed by atoms with Crippen LogP contribution in [-0.4, -0.2) is 34.4 Å². The predicted octanol–water partition coefficient (Wildman–Crippen LogP) is 3.33. The second-order valence-electron chi connectivity index (χ2n) is 5.28. The van der Waals surface area contributed by atoms with E-state index in [0.29, 0.717) is 13.0 Å². The molecule has 20 heavy (non-hydrogen) atoms. The first-order chi connectivity index (χ1) is 9.37. The Balaban J connectivity index is 2.70. The Bertz CT molecular complexity index is 409. The minimum Gasteiger partial charge on any atom is -0.465 e. The third kappa shape index (κ3) is 5.42. The smallest absolute Gasteiger partial charge is 0.326 e. The summed E-state index contributed by atoms with van der Waals surface area (Å²) in [5, 5.41) is 5.59. The SMILES string of the molecule is CCOC(=O)C(C)(CC(C)Sc1nccs1)NC(C)C. The molecule has 1 N–H and O–H groups in total. The molecule has 0 fully saturated rings. The highest BCUT2D eigenvalue weighted by molar-refractivity contribution is 8.01. The molecule has 0 bridgehead atoms. The zero-order valence-electron chi connectivity index (χ0n) is 12.8. The highest BCUT2D eigenvalue weighted by Crippen LogP contribution is 2.30. The van der Waals surface area contributed by atoms with Crippen molar-refractivity contribution in [1.82, 2.24) is 10.3 Å². The molecule has 2 unspecified atom stereocenters. The molecule has 0 saturated heterocycles. The quantitative estimate of drug-likeness (QED) is 0.589. The van der Waals surface area contributed by atoms with Crippen molar-refractivity contribution in [3.8, 4) is 0 Å². The topological polar surface area (TPSA) is 51.2 Å². The molecule has 6 heteroatoms. The lowest BCUT2D eigenvalue weighted by molar-refractivity contribution is -0.151. The van der Waals surface area contributed by atoms with E-state index in [2.05, 4.69) is 17.2 Å². The number of carbonyl (C=O) groups excluding carboxylic acids is 1. The summed E-state index contributed by atoms with van der Waals surface area (Å²) < 4.78 is 6.26. The predicted molar refractivity (Wildman–Crippen MR) is 85.4 cm³/mol. The van der Waals surface area contributed by atoms with Crippen LogP contribution in [0.4, 0.5) is 0 Å². The number of carbonyl (C=O) groups is 1. The van der Waals surface area contributed by atoms with Crippen LogP contribution in [0.15, 0.2) is 15.9 Å². The van der Waals surface area contributed by atoms with Gasteiger partial charge in [-0.25, -0.2) is 4.98 Å². The number of rotatable bonds is 8. The van der Waals surface area contributed by atoms with E-state index in [9.17, 15) is 4.79 Å². The number of nitrogens with zero attached hydrogens (tertiary/aromatic N) is 1. The van der Waals surface area contributed by atoms with Gasteiger partial charge in [0.05, 0.1) is 6.61 Å². The van der Waals surface area contributed by atoms with Crippen molar-refractivity contribution < 1.29 is 9.53 Å². The average Bonchev–Trinajstić information content (AvgIpc) is 2.80. The van der Waals surface area contributed by atoms with Gasteiger partial charge in [-0.3, -0.25) is 10.1 Å². The summed E-state index contributed by atoms with van der Waals surface area (Å²) in [6.45, 7) is 10.4. The fourth-order valence-corrected chi connectivity index (χ4v) is 4.31. The highest BCUT2D eigenvalue weighted by atomic mass is 32.2. The van der Waals surface area contributed by atoms with Gasteiger partial charge >= 0.3 is 5.97 Å². The van der Waals surface area contributed by atoms with Gasteiger partial charge in [0, 0.05) is 22.9 Å². The van der Waals surface area contributed by atoms with Gasteiger partial charge in [-0.2, -0.15) is 0 Å². The number of esters is 1. The second kappa shape index (κ2) is 8.00. The number of thioether (sulfide) groups is 1. The van der Waals surface area contributed by atoms with Crippen LogP contribution in [0.25, 0.3) is 0 Å². The molecule has 0 aliphatic heterocycles. The minimum atomic E-state index is -0.659. The highest BCUT2D eigenvalue weighted by Gasteiger charge is 2.36. The molecule has 0 saturated carbocycles. The molecule has 2 atom stereocenters. The molecule has 1 aromatic rings. The van der Waals surface area contributed by atoms with Crippen molar-refractivity contribution in [2.24, 2.45) is 0 Å². The fourth-order valence-electron chi connectivity index (χ4n) is 2.19. The monoisotopic (exact) mass is 316 g/mol. The molecule has 1 aromatic heterocycles. The molecule has 0 radical (unpaired) electrons. The van der Waals surface area contributed by atoms with Crippen molar-refractivity contribution >= 4 is 29.1 Å².